The second-order valence-electron chi connectivity index (χ2n) is 13.1. The number of rotatable bonds is 16. The summed E-state index contributed by atoms with van der Waals surface area (Å²) in [6, 6.07) is 6.74. The largest absolute Gasteiger partial charge is 0.486 e. The maximum atomic E-state index is 13.4. The van der Waals surface area contributed by atoms with Crippen LogP contribution in [-0.4, -0.2) is 52.7 Å². The molecule has 2 aliphatic carbocycles. The van der Waals surface area contributed by atoms with Crippen molar-refractivity contribution in [2.75, 3.05) is 19.6 Å². The highest BCUT2D eigenvalue weighted by Crippen LogP contribution is 2.60. The van der Waals surface area contributed by atoms with Gasteiger partial charge in [-0.1, -0.05) is 24.6 Å². The van der Waals surface area contributed by atoms with Gasteiger partial charge in [-0.2, -0.15) is 0 Å². The molecule has 8 heteroatoms. The molecule has 8 nitrogen and oxygen atoms in total. The predicted octanol–water partition coefficient (Wildman–Crippen LogP) is 5.59. The van der Waals surface area contributed by atoms with Crippen molar-refractivity contribution in [2.24, 2.45) is 11.3 Å². The third-order valence-corrected chi connectivity index (χ3v) is 9.75. The molecule has 1 unspecified atom stereocenters. The standard InChI is InChI=1S/C35H50N4O4/c1-5-7-8-27(16-32(24(3)6-2)38-29-17-35(18-29)12-13-35)34(41)36-19-30(40)21-39-14-11-26-15-31(10-9-28(26)20-39)42-22-33-25(4)37-23-43-33/h5,9-10,15,23,27,29-30,38,40H,1,6-8,11-14,16-22H2,2-4H3,(H,36,41)/b32-24+/t27?,30-/m0/s1. The van der Waals surface area contributed by atoms with Crippen molar-refractivity contribution in [3.05, 3.63) is 71.1 Å². The lowest BCUT2D eigenvalue weighted by molar-refractivity contribution is -0.125. The molecule has 3 N–H and O–H groups in total. The molecule has 2 heterocycles. The van der Waals surface area contributed by atoms with Crippen molar-refractivity contribution in [3.63, 3.8) is 0 Å². The Morgan fingerprint density at radius 2 is 2.14 bits per heavy atom. The van der Waals surface area contributed by atoms with Gasteiger partial charge in [0, 0.05) is 43.8 Å². The molecule has 1 spiro atoms. The molecule has 1 amide bonds. The fraction of sp³-hybridized carbons (Fsp3) is 0.600. The second kappa shape index (κ2) is 14.1. The van der Waals surface area contributed by atoms with Gasteiger partial charge in [0.1, 0.15) is 12.4 Å². The van der Waals surface area contributed by atoms with Crippen LogP contribution in [0.3, 0.4) is 0 Å². The summed E-state index contributed by atoms with van der Waals surface area (Å²) in [4.78, 5) is 19.7. The van der Waals surface area contributed by atoms with Crippen LogP contribution < -0.4 is 15.4 Å². The van der Waals surface area contributed by atoms with Gasteiger partial charge in [0.2, 0.25) is 5.91 Å². The summed E-state index contributed by atoms with van der Waals surface area (Å²) in [7, 11) is 0. The first-order valence-corrected chi connectivity index (χ1v) is 16.1. The van der Waals surface area contributed by atoms with Crippen LogP contribution in [0.25, 0.3) is 0 Å². The van der Waals surface area contributed by atoms with E-state index in [0.717, 1.165) is 56.0 Å². The van der Waals surface area contributed by atoms with Crippen LogP contribution in [0.2, 0.25) is 0 Å². The normalized spacial score (nSPS) is 19.5. The molecule has 0 saturated heterocycles. The highest BCUT2D eigenvalue weighted by Gasteiger charge is 2.53. The van der Waals surface area contributed by atoms with Gasteiger partial charge in [0.05, 0.1) is 11.8 Å². The number of oxazole rings is 1. The molecule has 2 aromatic rings. The van der Waals surface area contributed by atoms with Gasteiger partial charge >= 0.3 is 0 Å². The zero-order chi connectivity index (χ0) is 30.4. The summed E-state index contributed by atoms with van der Waals surface area (Å²) in [6.45, 7) is 12.9. The fourth-order valence-electron chi connectivity index (χ4n) is 6.55. The van der Waals surface area contributed by atoms with E-state index in [9.17, 15) is 9.90 Å². The van der Waals surface area contributed by atoms with Gasteiger partial charge < -0.3 is 24.9 Å². The molecule has 2 atom stereocenters. The number of carbonyl (C=O) groups is 1. The zero-order valence-electron chi connectivity index (χ0n) is 26.3. The van der Waals surface area contributed by atoms with E-state index < -0.39 is 6.10 Å². The van der Waals surface area contributed by atoms with Crippen molar-refractivity contribution >= 4 is 5.91 Å². The molecule has 234 valence electrons. The van der Waals surface area contributed by atoms with Crippen molar-refractivity contribution in [1.82, 2.24) is 20.5 Å². The smallest absolute Gasteiger partial charge is 0.223 e. The Labute approximate surface area is 257 Å². The molecular formula is C35H50N4O4. The molecule has 1 aliphatic heterocycles. The van der Waals surface area contributed by atoms with Gasteiger partial charge in [-0.3, -0.25) is 9.69 Å². The van der Waals surface area contributed by atoms with Gasteiger partial charge in [0.25, 0.3) is 0 Å². The highest BCUT2D eigenvalue weighted by molar-refractivity contribution is 5.79. The van der Waals surface area contributed by atoms with Crippen LogP contribution in [0.15, 0.2) is 52.9 Å². The zero-order valence-corrected chi connectivity index (χ0v) is 26.3. The Morgan fingerprint density at radius 1 is 1.33 bits per heavy atom. The Hall–Kier alpha value is -3.10. The molecule has 0 bridgehead atoms. The Balaban J connectivity index is 1.09. The highest BCUT2D eigenvalue weighted by atomic mass is 16.5. The average Bonchev–Trinajstić information content (AvgIpc) is 3.69. The number of aliphatic hydroxyl groups excluding tert-OH is 1. The van der Waals surface area contributed by atoms with Gasteiger partial charge in [-0.15, -0.1) is 6.58 Å². The first kappa shape index (κ1) is 31.3. The minimum absolute atomic E-state index is 0.0217. The number of hydrogen-bond acceptors (Lipinski definition) is 7. The lowest BCUT2D eigenvalue weighted by Crippen LogP contribution is -2.44. The number of ether oxygens (including phenoxy) is 1. The van der Waals surface area contributed by atoms with Crippen LogP contribution in [0.4, 0.5) is 0 Å². The van der Waals surface area contributed by atoms with Gasteiger partial charge in [-0.25, -0.2) is 4.98 Å². The molecule has 1 aromatic carbocycles. The number of fused-ring (bicyclic) bond motifs is 1. The molecule has 1 aromatic heterocycles. The summed E-state index contributed by atoms with van der Waals surface area (Å²) in [5.74, 6) is 1.43. The van der Waals surface area contributed by atoms with E-state index in [1.807, 2.05) is 19.1 Å². The number of nitrogens with zero attached hydrogens (tertiary/aromatic N) is 2. The number of aromatic nitrogens is 1. The SMILES string of the molecule is C=CCCC(C/C(NC1CC2(CC2)C1)=C(/C)CC)C(=O)NC[C@H](O)CN1CCc2cc(OCc3ocnc3C)ccc2C1. The molecule has 2 saturated carbocycles. The molecule has 43 heavy (non-hydrogen) atoms. The number of β-amino-alcohol motifs (C(OH)–C–C–N with tert-alkyl or cyclic N) is 1. The topological polar surface area (TPSA) is 99.9 Å². The number of amides is 1. The summed E-state index contributed by atoms with van der Waals surface area (Å²) in [5, 5.41) is 17.8. The van der Waals surface area contributed by atoms with Crippen molar-refractivity contribution in [1.29, 1.82) is 0 Å². The minimum Gasteiger partial charge on any atom is -0.486 e. The van der Waals surface area contributed by atoms with Crippen molar-refractivity contribution in [2.45, 2.75) is 104 Å². The average molecular weight is 591 g/mol. The van der Waals surface area contributed by atoms with E-state index in [0.29, 0.717) is 31.0 Å². The summed E-state index contributed by atoms with van der Waals surface area (Å²) >= 11 is 0. The van der Waals surface area contributed by atoms with Crippen LogP contribution >= 0.6 is 0 Å². The van der Waals surface area contributed by atoms with Crippen LogP contribution in [0.1, 0.15) is 87.8 Å². The van der Waals surface area contributed by atoms with E-state index in [4.69, 9.17) is 9.15 Å². The van der Waals surface area contributed by atoms with E-state index in [2.05, 4.69) is 53.1 Å². The molecule has 3 aliphatic rings. The van der Waals surface area contributed by atoms with E-state index in [1.165, 1.54) is 54.5 Å². The Morgan fingerprint density at radius 3 is 2.84 bits per heavy atom. The van der Waals surface area contributed by atoms with Crippen LogP contribution in [-0.2, 0) is 24.4 Å². The Kier molecular flexibility index (Phi) is 10.3. The summed E-state index contributed by atoms with van der Waals surface area (Å²) in [5.41, 5.74) is 6.57. The predicted molar refractivity (Wildman–Crippen MR) is 168 cm³/mol. The number of aliphatic hydroxyl groups is 1. The summed E-state index contributed by atoms with van der Waals surface area (Å²) in [6.07, 6.45) is 12.1. The molecule has 2 fully saturated rings. The van der Waals surface area contributed by atoms with Gasteiger partial charge in [-0.05, 0) is 100 Å². The first-order chi connectivity index (χ1) is 20.8. The van der Waals surface area contributed by atoms with Crippen molar-refractivity contribution < 1.29 is 19.1 Å². The number of allylic oxidation sites excluding steroid dienone is 3. The van der Waals surface area contributed by atoms with E-state index in [1.54, 1.807) is 0 Å². The van der Waals surface area contributed by atoms with E-state index in [-0.39, 0.29) is 18.4 Å². The maximum Gasteiger partial charge on any atom is 0.223 e. The first-order valence-electron chi connectivity index (χ1n) is 16.1. The monoisotopic (exact) mass is 590 g/mol. The lowest BCUT2D eigenvalue weighted by atomic mass is 9.76. The van der Waals surface area contributed by atoms with Crippen LogP contribution in [0, 0.1) is 18.3 Å². The third kappa shape index (κ3) is 8.30. The number of benzene rings is 1. The number of carbonyl (C=O) groups excluding carboxylic acids is 1. The molecular weight excluding hydrogens is 540 g/mol. The van der Waals surface area contributed by atoms with E-state index >= 15 is 0 Å². The number of nitrogens with one attached hydrogen (secondary N) is 2. The fourth-order valence-corrected chi connectivity index (χ4v) is 6.55. The van der Waals surface area contributed by atoms with Crippen LogP contribution in [0.5, 0.6) is 5.75 Å². The lowest BCUT2D eigenvalue weighted by Gasteiger charge is -2.38. The second-order valence-corrected chi connectivity index (χ2v) is 13.1. The quantitative estimate of drug-likeness (QED) is 0.219. The molecule has 5 rings (SSSR count). The number of aryl methyl sites for hydroxylation is 1. The summed E-state index contributed by atoms with van der Waals surface area (Å²) < 4.78 is 11.3. The maximum absolute atomic E-state index is 13.4. The number of hydrogen-bond donors (Lipinski definition) is 3. The minimum atomic E-state index is -0.631. The van der Waals surface area contributed by atoms with Gasteiger partial charge in [0.15, 0.2) is 12.2 Å². The van der Waals surface area contributed by atoms with Crippen molar-refractivity contribution in [3.8, 4) is 5.75 Å². The third-order valence-electron chi connectivity index (χ3n) is 9.75. The Bertz CT molecular complexity index is 1290. The molecule has 0 radical (unpaired) electrons.